The van der Waals surface area contributed by atoms with Crippen LogP contribution < -0.4 is 14.8 Å². The number of hydrogen-bond acceptors (Lipinski definition) is 4. The van der Waals surface area contributed by atoms with Gasteiger partial charge < -0.3 is 15.0 Å². The minimum absolute atomic E-state index is 0.124. The number of aromatic amines is 1. The first-order chi connectivity index (χ1) is 12.3. The summed E-state index contributed by atoms with van der Waals surface area (Å²) in [6.45, 7) is 1.70. The van der Waals surface area contributed by atoms with E-state index >= 15 is 0 Å². The van der Waals surface area contributed by atoms with Gasteiger partial charge >= 0.3 is 0 Å². The fraction of sp³-hybridized carbons (Fsp3) is 0.167. The second kappa shape index (κ2) is 6.81. The summed E-state index contributed by atoms with van der Waals surface area (Å²) in [6, 6.07) is 11.9. The monoisotopic (exact) mass is 373 g/mol. The molecule has 3 rings (SSSR count). The second-order valence-corrected chi connectivity index (χ2v) is 7.63. The maximum atomic E-state index is 12.5. The first kappa shape index (κ1) is 18.0. The highest BCUT2D eigenvalue weighted by atomic mass is 32.2. The maximum Gasteiger partial charge on any atom is 0.272 e. The molecule has 3 aromatic rings. The molecular formula is C18H19N3O4S. The van der Waals surface area contributed by atoms with Crippen molar-refractivity contribution in [2.24, 2.45) is 0 Å². The van der Waals surface area contributed by atoms with Gasteiger partial charge in [-0.15, -0.1) is 0 Å². The molecule has 26 heavy (non-hydrogen) atoms. The average molecular weight is 373 g/mol. The standard InChI is InChI=1S/C18H19N3O4S/c1-11-4-6-13(9-17(11)26(23,24)19-2)20-18(22)16-8-12-5-7-14(25-3)10-15(12)21-16/h4-10,19,21H,1-3H3,(H,20,22). The van der Waals surface area contributed by atoms with Crippen molar-refractivity contribution in [2.45, 2.75) is 11.8 Å². The summed E-state index contributed by atoms with van der Waals surface area (Å²) in [5, 5.41) is 3.59. The highest BCUT2D eigenvalue weighted by Crippen LogP contribution is 2.23. The lowest BCUT2D eigenvalue weighted by Crippen LogP contribution is -2.20. The summed E-state index contributed by atoms with van der Waals surface area (Å²) in [5.74, 6) is 0.323. The Morgan fingerprint density at radius 3 is 2.58 bits per heavy atom. The number of carbonyl (C=O) groups is 1. The van der Waals surface area contributed by atoms with Gasteiger partial charge in [0.2, 0.25) is 10.0 Å². The lowest BCUT2D eigenvalue weighted by molar-refractivity contribution is 0.102. The lowest BCUT2D eigenvalue weighted by Gasteiger charge is -2.10. The Morgan fingerprint density at radius 2 is 1.88 bits per heavy atom. The minimum atomic E-state index is -3.60. The Bertz CT molecular complexity index is 1090. The Labute approximate surface area is 151 Å². The number of aromatic nitrogens is 1. The number of ether oxygens (including phenoxy) is 1. The SMILES string of the molecule is CNS(=O)(=O)c1cc(NC(=O)c2cc3ccc(OC)cc3[nH]2)ccc1C. The van der Waals surface area contributed by atoms with E-state index in [1.165, 1.54) is 13.1 Å². The molecule has 0 saturated heterocycles. The number of fused-ring (bicyclic) bond motifs is 1. The smallest absolute Gasteiger partial charge is 0.272 e. The Morgan fingerprint density at radius 1 is 1.12 bits per heavy atom. The molecular weight excluding hydrogens is 354 g/mol. The van der Waals surface area contributed by atoms with E-state index in [9.17, 15) is 13.2 Å². The van der Waals surface area contributed by atoms with Crippen LogP contribution in [0.2, 0.25) is 0 Å². The van der Waals surface area contributed by atoms with Gasteiger partial charge in [-0.2, -0.15) is 0 Å². The zero-order chi connectivity index (χ0) is 18.9. The predicted octanol–water partition coefficient (Wildman–Crippen LogP) is 2.65. The number of H-pyrrole nitrogens is 1. The summed E-state index contributed by atoms with van der Waals surface area (Å²) in [7, 11) is -0.682. The Balaban J connectivity index is 1.89. The van der Waals surface area contributed by atoms with Crippen molar-refractivity contribution in [2.75, 3.05) is 19.5 Å². The summed E-state index contributed by atoms with van der Waals surface area (Å²) >= 11 is 0. The van der Waals surface area contributed by atoms with Gasteiger partial charge in [0.15, 0.2) is 0 Å². The topological polar surface area (TPSA) is 100 Å². The molecule has 1 aromatic heterocycles. The third-order valence-corrected chi connectivity index (χ3v) is 5.63. The van der Waals surface area contributed by atoms with Crippen LogP contribution in [-0.4, -0.2) is 33.5 Å². The van der Waals surface area contributed by atoms with E-state index in [1.54, 1.807) is 38.3 Å². The molecule has 0 bridgehead atoms. The zero-order valence-electron chi connectivity index (χ0n) is 14.6. The van der Waals surface area contributed by atoms with Crippen molar-refractivity contribution in [3.05, 3.63) is 53.7 Å². The first-order valence-electron chi connectivity index (χ1n) is 7.86. The summed E-state index contributed by atoms with van der Waals surface area (Å²) in [4.78, 5) is 15.7. The van der Waals surface area contributed by atoms with E-state index < -0.39 is 10.0 Å². The summed E-state index contributed by atoms with van der Waals surface area (Å²) < 4.78 is 31.6. The van der Waals surface area contributed by atoms with Crippen LogP contribution in [0.4, 0.5) is 5.69 Å². The van der Waals surface area contributed by atoms with Crippen LogP contribution in [0.25, 0.3) is 10.9 Å². The second-order valence-electron chi connectivity index (χ2n) is 5.78. The fourth-order valence-corrected chi connectivity index (χ4v) is 3.63. The normalized spacial score (nSPS) is 11.5. The summed E-state index contributed by atoms with van der Waals surface area (Å²) in [5.41, 5.74) is 2.13. The van der Waals surface area contributed by atoms with Crippen LogP contribution in [0, 0.1) is 6.92 Å². The average Bonchev–Trinajstić information content (AvgIpc) is 3.06. The molecule has 0 aliphatic rings. The molecule has 0 aliphatic carbocycles. The Kier molecular flexibility index (Phi) is 4.71. The number of rotatable bonds is 5. The molecule has 1 amide bonds. The maximum absolute atomic E-state index is 12.5. The first-order valence-corrected chi connectivity index (χ1v) is 9.34. The number of methoxy groups -OCH3 is 1. The van der Waals surface area contributed by atoms with E-state index in [1.807, 2.05) is 12.1 Å². The number of amides is 1. The van der Waals surface area contributed by atoms with Gasteiger partial charge in [0.25, 0.3) is 5.91 Å². The van der Waals surface area contributed by atoms with Crippen molar-refractivity contribution in [3.8, 4) is 5.75 Å². The largest absolute Gasteiger partial charge is 0.497 e. The van der Waals surface area contributed by atoms with E-state index in [0.717, 1.165) is 10.9 Å². The molecule has 0 fully saturated rings. The zero-order valence-corrected chi connectivity index (χ0v) is 15.4. The Hall–Kier alpha value is -2.84. The lowest BCUT2D eigenvalue weighted by atomic mass is 10.2. The third-order valence-electron chi connectivity index (χ3n) is 4.08. The number of sulfonamides is 1. The van der Waals surface area contributed by atoms with E-state index in [-0.39, 0.29) is 10.8 Å². The highest BCUT2D eigenvalue weighted by Gasteiger charge is 2.17. The van der Waals surface area contributed by atoms with Gasteiger partial charge in [0.05, 0.1) is 12.0 Å². The van der Waals surface area contributed by atoms with Crippen LogP contribution in [-0.2, 0) is 10.0 Å². The quantitative estimate of drug-likeness (QED) is 0.640. The van der Waals surface area contributed by atoms with Gasteiger partial charge in [0, 0.05) is 22.7 Å². The molecule has 0 radical (unpaired) electrons. The molecule has 8 heteroatoms. The van der Waals surface area contributed by atoms with Gasteiger partial charge in [-0.25, -0.2) is 13.1 Å². The molecule has 0 atom stereocenters. The van der Waals surface area contributed by atoms with Gasteiger partial charge in [-0.3, -0.25) is 4.79 Å². The molecule has 3 N–H and O–H groups in total. The van der Waals surface area contributed by atoms with E-state index in [0.29, 0.717) is 22.7 Å². The van der Waals surface area contributed by atoms with Crippen LogP contribution in [0.5, 0.6) is 5.75 Å². The van der Waals surface area contributed by atoms with Gasteiger partial charge in [0.1, 0.15) is 11.4 Å². The highest BCUT2D eigenvalue weighted by molar-refractivity contribution is 7.89. The van der Waals surface area contributed by atoms with Crippen molar-refractivity contribution in [1.29, 1.82) is 0 Å². The van der Waals surface area contributed by atoms with Crippen molar-refractivity contribution >= 4 is 32.5 Å². The van der Waals surface area contributed by atoms with Crippen LogP contribution in [0.15, 0.2) is 47.4 Å². The molecule has 1 heterocycles. The number of anilines is 1. The molecule has 0 unspecified atom stereocenters. The molecule has 2 aromatic carbocycles. The number of carbonyl (C=O) groups excluding carboxylic acids is 1. The van der Waals surface area contributed by atoms with E-state index in [2.05, 4.69) is 15.0 Å². The number of benzene rings is 2. The fourth-order valence-electron chi connectivity index (χ4n) is 2.63. The van der Waals surface area contributed by atoms with Crippen molar-refractivity contribution < 1.29 is 17.9 Å². The number of aryl methyl sites for hydroxylation is 1. The van der Waals surface area contributed by atoms with Crippen LogP contribution in [0.1, 0.15) is 16.1 Å². The summed E-state index contributed by atoms with van der Waals surface area (Å²) in [6.07, 6.45) is 0. The molecule has 0 spiro atoms. The number of hydrogen-bond donors (Lipinski definition) is 3. The predicted molar refractivity (Wildman–Crippen MR) is 100 cm³/mol. The van der Waals surface area contributed by atoms with Gasteiger partial charge in [-0.1, -0.05) is 6.07 Å². The number of nitrogens with one attached hydrogen (secondary N) is 3. The van der Waals surface area contributed by atoms with Crippen LogP contribution >= 0.6 is 0 Å². The van der Waals surface area contributed by atoms with Crippen molar-refractivity contribution in [1.82, 2.24) is 9.71 Å². The third kappa shape index (κ3) is 3.42. The molecule has 0 aliphatic heterocycles. The molecule has 136 valence electrons. The molecule has 7 nitrogen and oxygen atoms in total. The minimum Gasteiger partial charge on any atom is -0.497 e. The van der Waals surface area contributed by atoms with E-state index in [4.69, 9.17) is 4.74 Å². The van der Waals surface area contributed by atoms with Crippen molar-refractivity contribution in [3.63, 3.8) is 0 Å². The molecule has 0 saturated carbocycles. The van der Waals surface area contributed by atoms with Crippen LogP contribution in [0.3, 0.4) is 0 Å². The van der Waals surface area contributed by atoms with Gasteiger partial charge in [-0.05, 0) is 49.9 Å².